The summed E-state index contributed by atoms with van der Waals surface area (Å²) in [6.45, 7) is 4.93. The van der Waals surface area contributed by atoms with Crippen molar-refractivity contribution >= 4 is 17.4 Å². The SMILES string of the molecule is COc1cc(C2C(=C(O)c3ccncc3)C(=O)C(=O)N2Cc2cccnc2)ccc1OCCC(C)C. The number of hydrogen-bond donors (Lipinski definition) is 1. The number of aliphatic hydroxyl groups excluding tert-OH is 1. The fraction of sp³-hybridized carbons (Fsp3) is 0.286. The van der Waals surface area contributed by atoms with Crippen LogP contribution in [0.1, 0.15) is 43.0 Å². The zero-order valence-electron chi connectivity index (χ0n) is 20.5. The number of pyridine rings is 2. The van der Waals surface area contributed by atoms with Crippen LogP contribution in [0.4, 0.5) is 0 Å². The number of aromatic nitrogens is 2. The highest BCUT2D eigenvalue weighted by Crippen LogP contribution is 2.42. The maximum absolute atomic E-state index is 13.2. The number of ketones is 1. The van der Waals surface area contributed by atoms with Gasteiger partial charge in [0.2, 0.25) is 0 Å². The number of benzene rings is 1. The van der Waals surface area contributed by atoms with Gasteiger partial charge >= 0.3 is 0 Å². The highest BCUT2D eigenvalue weighted by atomic mass is 16.5. The van der Waals surface area contributed by atoms with E-state index in [-0.39, 0.29) is 17.9 Å². The van der Waals surface area contributed by atoms with Crippen molar-refractivity contribution < 1.29 is 24.2 Å². The number of ether oxygens (including phenoxy) is 2. The van der Waals surface area contributed by atoms with E-state index >= 15 is 0 Å². The first-order valence-electron chi connectivity index (χ1n) is 11.8. The second kappa shape index (κ2) is 11.0. The van der Waals surface area contributed by atoms with Crippen molar-refractivity contribution in [1.29, 1.82) is 0 Å². The van der Waals surface area contributed by atoms with Crippen molar-refractivity contribution in [2.45, 2.75) is 32.9 Å². The fourth-order valence-corrected chi connectivity index (χ4v) is 4.12. The third kappa shape index (κ3) is 5.22. The Labute approximate surface area is 210 Å². The molecule has 0 radical (unpaired) electrons. The number of carbonyl (C=O) groups excluding carboxylic acids is 2. The van der Waals surface area contributed by atoms with Crippen LogP contribution in [-0.2, 0) is 16.1 Å². The van der Waals surface area contributed by atoms with Crippen molar-refractivity contribution in [3.8, 4) is 11.5 Å². The first-order chi connectivity index (χ1) is 17.4. The Bertz CT molecular complexity index is 1260. The van der Waals surface area contributed by atoms with Gasteiger partial charge in [-0.15, -0.1) is 0 Å². The lowest BCUT2D eigenvalue weighted by molar-refractivity contribution is -0.140. The van der Waals surface area contributed by atoms with E-state index in [0.29, 0.717) is 35.2 Å². The summed E-state index contributed by atoms with van der Waals surface area (Å²) in [7, 11) is 1.54. The van der Waals surface area contributed by atoms with E-state index in [0.717, 1.165) is 12.0 Å². The van der Waals surface area contributed by atoms with Crippen LogP contribution in [0, 0.1) is 5.92 Å². The quantitative estimate of drug-likeness (QED) is 0.269. The Morgan fingerprint density at radius 2 is 1.83 bits per heavy atom. The number of Topliss-reactive ketones (excluding diaryl/α,β-unsaturated/α-hetero) is 1. The van der Waals surface area contributed by atoms with Crippen molar-refractivity contribution in [2.75, 3.05) is 13.7 Å². The minimum atomic E-state index is -0.836. The molecule has 1 atom stereocenters. The zero-order chi connectivity index (χ0) is 25.7. The van der Waals surface area contributed by atoms with Gasteiger partial charge in [0.05, 0.1) is 25.3 Å². The number of methoxy groups -OCH3 is 1. The van der Waals surface area contributed by atoms with E-state index in [9.17, 15) is 14.7 Å². The van der Waals surface area contributed by atoms with Crippen LogP contribution in [0.25, 0.3) is 5.76 Å². The van der Waals surface area contributed by atoms with Gasteiger partial charge in [-0.25, -0.2) is 0 Å². The molecule has 1 fully saturated rings. The summed E-state index contributed by atoms with van der Waals surface area (Å²) in [6, 6.07) is 11.3. The lowest BCUT2D eigenvalue weighted by Crippen LogP contribution is -2.29. The number of rotatable bonds is 9. The zero-order valence-corrected chi connectivity index (χ0v) is 20.5. The Morgan fingerprint density at radius 1 is 1.06 bits per heavy atom. The van der Waals surface area contributed by atoms with Gasteiger partial charge in [-0.1, -0.05) is 26.0 Å². The minimum absolute atomic E-state index is 0.00520. The summed E-state index contributed by atoms with van der Waals surface area (Å²) in [5, 5.41) is 11.2. The lowest BCUT2D eigenvalue weighted by Gasteiger charge is -2.26. The predicted octanol–water partition coefficient (Wildman–Crippen LogP) is 4.53. The van der Waals surface area contributed by atoms with Gasteiger partial charge in [-0.3, -0.25) is 19.6 Å². The van der Waals surface area contributed by atoms with E-state index in [1.807, 2.05) is 6.07 Å². The molecule has 1 amide bonds. The van der Waals surface area contributed by atoms with E-state index in [2.05, 4.69) is 23.8 Å². The third-order valence-corrected chi connectivity index (χ3v) is 6.03. The molecule has 1 aliphatic rings. The molecule has 0 bridgehead atoms. The monoisotopic (exact) mass is 487 g/mol. The van der Waals surface area contributed by atoms with Gasteiger partial charge in [0.15, 0.2) is 11.5 Å². The molecule has 0 aliphatic carbocycles. The molecule has 2 aromatic heterocycles. The molecule has 3 aromatic rings. The molecule has 1 N–H and O–H groups in total. The van der Waals surface area contributed by atoms with E-state index < -0.39 is 17.7 Å². The lowest BCUT2D eigenvalue weighted by atomic mass is 9.95. The van der Waals surface area contributed by atoms with Crippen molar-refractivity contribution in [3.05, 3.63) is 89.5 Å². The molecule has 36 heavy (non-hydrogen) atoms. The summed E-state index contributed by atoms with van der Waals surface area (Å²) in [4.78, 5) is 36.0. The maximum Gasteiger partial charge on any atom is 0.295 e. The summed E-state index contributed by atoms with van der Waals surface area (Å²) in [5.74, 6) is -0.168. The van der Waals surface area contributed by atoms with Crippen LogP contribution in [0.2, 0.25) is 0 Å². The van der Waals surface area contributed by atoms with Crippen LogP contribution in [-0.4, -0.2) is 45.4 Å². The Hall–Kier alpha value is -4.20. The molecule has 1 unspecified atom stereocenters. The second-order valence-electron chi connectivity index (χ2n) is 8.97. The first-order valence-corrected chi connectivity index (χ1v) is 11.8. The second-order valence-corrected chi connectivity index (χ2v) is 8.97. The smallest absolute Gasteiger partial charge is 0.295 e. The fourth-order valence-electron chi connectivity index (χ4n) is 4.12. The molecule has 0 spiro atoms. The molecule has 8 nitrogen and oxygen atoms in total. The average Bonchev–Trinajstić information content (AvgIpc) is 3.14. The largest absolute Gasteiger partial charge is 0.507 e. The number of aliphatic hydroxyl groups is 1. The van der Waals surface area contributed by atoms with Crippen molar-refractivity contribution in [3.63, 3.8) is 0 Å². The summed E-state index contributed by atoms with van der Waals surface area (Å²) in [6.07, 6.45) is 7.21. The van der Waals surface area contributed by atoms with Crippen LogP contribution in [0.15, 0.2) is 72.8 Å². The average molecular weight is 488 g/mol. The van der Waals surface area contributed by atoms with Crippen molar-refractivity contribution in [1.82, 2.24) is 14.9 Å². The van der Waals surface area contributed by atoms with Crippen molar-refractivity contribution in [2.24, 2.45) is 5.92 Å². The molecule has 8 heteroatoms. The van der Waals surface area contributed by atoms with Gasteiger partial charge in [0.1, 0.15) is 5.76 Å². The maximum atomic E-state index is 13.2. The Morgan fingerprint density at radius 3 is 2.50 bits per heavy atom. The highest BCUT2D eigenvalue weighted by Gasteiger charge is 2.46. The molecular formula is C28H29N3O5. The van der Waals surface area contributed by atoms with Crippen LogP contribution in [0.3, 0.4) is 0 Å². The number of hydrogen-bond acceptors (Lipinski definition) is 7. The summed E-state index contributed by atoms with van der Waals surface area (Å²) in [5.41, 5.74) is 1.77. The van der Waals surface area contributed by atoms with Gasteiger partial charge in [-0.05, 0) is 53.8 Å². The summed E-state index contributed by atoms with van der Waals surface area (Å²) < 4.78 is 11.5. The first kappa shape index (κ1) is 24.9. The Balaban J connectivity index is 1.79. The molecule has 1 saturated heterocycles. The topological polar surface area (TPSA) is 102 Å². The van der Waals surface area contributed by atoms with E-state index in [1.165, 1.54) is 24.4 Å². The van der Waals surface area contributed by atoms with Gasteiger partial charge < -0.3 is 19.5 Å². The third-order valence-electron chi connectivity index (χ3n) is 6.03. The molecule has 186 valence electrons. The molecule has 1 aliphatic heterocycles. The molecule has 4 rings (SSSR count). The van der Waals surface area contributed by atoms with Crippen LogP contribution in [0.5, 0.6) is 11.5 Å². The molecule has 0 saturated carbocycles. The number of nitrogens with zero attached hydrogens (tertiary/aromatic N) is 3. The number of amides is 1. The Kier molecular flexibility index (Phi) is 7.63. The van der Waals surface area contributed by atoms with Crippen LogP contribution < -0.4 is 9.47 Å². The predicted molar refractivity (Wildman–Crippen MR) is 134 cm³/mol. The number of likely N-dealkylation sites (tertiary alicyclic amines) is 1. The molecule has 3 heterocycles. The van der Waals surface area contributed by atoms with Gasteiger partial charge in [-0.2, -0.15) is 0 Å². The molecule has 1 aromatic carbocycles. The van der Waals surface area contributed by atoms with Gasteiger partial charge in [0.25, 0.3) is 11.7 Å². The van der Waals surface area contributed by atoms with E-state index in [4.69, 9.17) is 9.47 Å². The molecular weight excluding hydrogens is 458 g/mol. The minimum Gasteiger partial charge on any atom is -0.507 e. The number of carbonyl (C=O) groups is 2. The summed E-state index contributed by atoms with van der Waals surface area (Å²) >= 11 is 0. The highest BCUT2D eigenvalue weighted by molar-refractivity contribution is 6.46. The van der Waals surface area contributed by atoms with E-state index in [1.54, 1.807) is 48.8 Å². The standard InChI is InChI=1S/C28H29N3O5/c1-18(2)10-14-36-22-7-6-21(15-23(22)35-3)25-24(26(32)20-8-12-29-13-9-20)27(33)28(34)31(25)17-19-5-4-11-30-16-19/h4-9,11-13,15-16,18,25,32H,10,14,17H2,1-3H3. The van der Waals surface area contributed by atoms with Crippen LogP contribution >= 0.6 is 0 Å². The van der Waals surface area contributed by atoms with Gasteiger partial charge in [0, 0.05) is 36.9 Å². The normalized spacial score (nSPS) is 17.0.